The highest BCUT2D eigenvalue weighted by atomic mass is 16.5. The number of rotatable bonds is 5. The Bertz CT molecular complexity index is 953. The first-order valence-corrected chi connectivity index (χ1v) is 9.75. The molecule has 0 atom stereocenters. The van der Waals surface area contributed by atoms with Gasteiger partial charge in [0.05, 0.1) is 24.1 Å². The third-order valence-electron chi connectivity index (χ3n) is 5.08. The van der Waals surface area contributed by atoms with Crippen LogP contribution in [0.15, 0.2) is 67.1 Å². The SMILES string of the molecule is O=C(c1ccc(-c2cccc(CO)c2)nc1)N1CCC(Oc2cccnc2)CC1. The molecule has 1 aromatic carbocycles. The molecule has 0 saturated carbocycles. The van der Waals surface area contributed by atoms with Crippen LogP contribution < -0.4 is 4.74 Å². The number of likely N-dealkylation sites (tertiary alicyclic amines) is 1. The van der Waals surface area contributed by atoms with Crippen molar-refractivity contribution in [2.24, 2.45) is 0 Å². The Morgan fingerprint density at radius 2 is 1.97 bits per heavy atom. The van der Waals surface area contributed by atoms with Gasteiger partial charge in [-0.15, -0.1) is 0 Å². The summed E-state index contributed by atoms with van der Waals surface area (Å²) in [4.78, 5) is 23.2. The van der Waals surface area contributed by atoms with Crippen LogP contribution in [0, 0.1) is 0 Å². The second-order valence-corrected chi connectivity index (χ2v) is 7.09. The molecule has 4 rings (SSSR count). The number of hydrogen-bond donors (Lipinski definition) is 1. The fourth-order valence-electron chi connectivity index (χ4n) is 3.49. The molecule has 1 N–H and O–H groups in total. The Labute approximate surface area is 169 Å². The molecule has 0 aliphatic carbocycles. The van der Waals surface area contributed by atoms with E-state index in [1.54, 1.807) is 18.6 Å². The topological polar surface area (TPSA) is 75.5 Å². The van der Waals surface area contributed by atoms with Crippen molar-refractivity contribution < 1.29 is 14.6 Å². The van der Waals surface area contributed by atoms with Crippen molar-refractivity contribution in [3.8, 4) is 17.0 Å². The summed E-state index contributed by atoms with van der Waals surface area (Å²) in [7, 11) is 0. The number of ether oxygens (including phenoxy) is 1. The van der Waals surface area contributed by atoms with Gasteiger partial charge in [0, 0.05) is 43.9 Å². The zero-order chi connectivity index (χ0) is 20.1. The zero-order valence-electron chi connectivity index (χ0n) is 16.1. The molecule has 1 aliphatic rings. The lowest BCUT2D eigenvalue weighted by molar-refractivity contribution is 0.0594. The van der Waals surface area contributed by atoms with Crippen LogP contribution in [0.4, 0.5) is 0 Å². The van der Waals surface area contributed by atoms with Crippen LogP contribution in [0.3, 0.4) is 0 Å². The quantitative estimate of drug-likeness (QED) is 0.725. The number of piperidine rings is 1. The smallest absolute Gasteiger partial charge is 0.255 e. The van der Waals surface area contributed by atoms with E-state index >= 15 is 0 Å². The van der Waals surface area contributed by atoms with E-state index < -0.39 is 0 Å². The summed E-state index contributed by atoms with van der Waals surface area (Å²) < 4.78 is 5.94. The van der Waals surface area contributed by atoms with E-state index in [4.69, 9.17) is 4.74 Å². The van der Waals surface area contributed by atoms with Crippen LogP contribution >= 0.6 is 0 Å². The van der Waals surface area contributed by atoms with Crippen LogP contribution in [0.1, 0.15) is 28.8 Å². The van der Waals surface area contributed by atoms with Gasteiger partial charge in [-0.2, -0.15) is 0 Å². The van der Waals surface area contributed by atoms with Gasteiger partial charge in [-0.05, 0) is 35.9 Å². The van der Waals surface area contributed by atoms with E-state index in [0.29, 0.717) is 18.7 Å². The predicted octanol–water partition coefficient (Wildman–Crippen LogP) is 3.32. The van der Waals surface area contributed by atoms with Gasteiger partial charge in [-0.1, -0.05) is 18.2 Å². The molecule has 148 valence electrons. The highest BCUT2D eigenvalue weighted by molar-refractivity contribution is 5.94. The molecule has 6 heteroatoms. The molecule has 0 radical (unpaired) electrons. The molecular weight excluding hydrogens is 366 g/mol. The number of amides is 1. The number of aromatic nitrogens is 2. The second-order valence-electron chi connectivity index (χ2n) is 7.09. The number of pyridine rings is 2. The third-order valence-corrected chi connectivity index (χ3v) is 5.08. The van der Waals surface area contributed by atoms with Gasteiger partial charge < -0.3 is 14.7 Å². The van der Waals surface area contributed by atoms with Crippen molar-refractivity contribution in [1.82, 2.24) is 14.9 Å². The number of aliphatic hydroxyl groups is 1. The summed E-state index contributed by atoms with van der Waals surface area (Å²) in [6.45, 7) is 1.30. The van der Waals surface area contributed by atoms with Crippen molar-refractivity contribution in [1.29, 1.82) is 0 Å². The van der Waals surface area contributed by atoms with Crippen molar-refractivity contribution in [2.75, 3.05) is 13.1 Å². The number of nitrogens with zero attached hydrogens (tertiary/aromatic N) is 3. The third kappa shape index (κ3) is 4.60. The Morgan fingerprint density at radius 3 is 2.66 bits per heavy atom. The summed E-state index contributed by atoms with van der Waals surface area (Å²) in [6.07, 6.45) is 6.74. The number of hydrogen-bond acceptors (Lipinski definition) is 5. The summed E-state index contributed by atoms with van der Waals surface area (Å²) in [5, 5.41) is 9.29. The number of aliphatic hydroxyl groups excluding tert-OH is 1. The monoisotopic (exact) mass is 389 g/mol. The minimum atomic E-state index is -0.00907. The Kier molecular flexibility index (Phi) is 5.81. The summed E-state index contributed by atoms with van der Waals surface area (Å²) in [5.41, 5.74) is 3.11. The molecule has 1 saturated heterocycles. The maximum Gasteiger partial charge on any atom is 0.255 e. The molecule has 2 aromatic heterocycles. The van der Waals surface area contributed by atoms with Gasteiger partial charge >= 0.3 is 0 Å². The van der Waals surface area contributed by atoms with Crippen LogP contribution in [0.2, 0.25) is 0 Å². The molecule has 29 heavy (non-hydrogen) atoms. The lowest BCUT2D eigenvalue weighted by Crippen LogP contribution is -2.41. The number of carbonyl (C=O) groups is 1. The molecule has 1 amide bonds. The average molecular weight is 389 g/mol. The fourth-order valence-corrected chi connectivity index (χ4v) is 3.49. The highest BCUT2D eigenvalue weighted by Gasteiger charge is 2.25. The molecule has 1 aliphatic heterocycles. The lowest BCUT2D eigenvalue weighted by atomic mass is 10.1. The van der Waals surface area contributed by atoms with E-state index in [-0.39, 0.29) is 18.6 Å². The van der Waals surface area contributed by atoms with Crippen LogP contribution in [0.5, 0.6) is 5.75 Å². The normalized spacial score (nSPS) is 14.6. The minimum absolute atomic E-state index is 0.00649. The van der Waals surface area contributed by atoms with E-state index in [9.17, 15) is 9.90 Å². The Morgan fingerprint density at radius 1 is 1.10 bits per heavy atom. The van der Waals surface area contributed by atoms with Crippen molar-refractivity contribution >= 4 is 5.91 Å². The molecular formula is C23H23N3O3. The average Bonchev–Trinajstić information content (AvgIpc) is 2.80. The Balaban J connectivity index is 1.36. The van der Waals surface area contributed by atoms with Gasteiger partial charge in [-0.3, -0.25) is 14.8 Å². The fraction of sp³-hybridized carbons (Fsp3) is 0.261. The summed E-state index contributed by atoms with van der Waals surface area (Å²) in [6, 6.07) is 15.0. The molecule has 3 heterocycles. The first-order valence-electron chi connectivity index (χ1n) is 9.75. The van der Waals surface area contributed by atoms with Gasteiger partial charge in [0.2, 0.25) is 0 Å². The van der Waals surface area contributed by atoms with Crippen LogP contribution in [-0.2, 0) is 6.61 Å². The number of benzene rings is 1. The molecule has 0 bridgehead atoms. The predicted molar refractivity (Wildman–Crippen MR) is 109 cm³/mol. The Hall–Kier alpha value is -3.25. The van der Waals surface area contributed by atoms with Gasteiger partial charge in [0.1, 0.15) is 11.9 Å². The molecule has 0 unspecified atom stereocenters. The lowest BCUT2D eigenvalue weighted by Gasteiger charge is -2.32. The van der Waals surface area contributed by atoms with Gasteiger partial charge in [-0.25, -0.2) is 0 Å². The van der Waals surface area contributed by atoms with Crippen molar-refractivity contribution in [2.45, 2.75) is 25.6 Å². The molecule has 6 nitrogen and oxygen atoms in total. The number of carbonyl (C=O) groups excluding carboxylic acids is 1. The summed E-state index contributed by atoms with van der Waals surface area (Å²) >= 11 is 0. The van der Waals surface area contributed by atoms with E-state index in [2.05, 4.69) is 9.97 Å². The first kappa shape index (κ1) is 19.1. The van der Waals surface area contributed by atoms with Crippen molar-refractivity contribution in [3.63, 3.8) is 0 Å². The van der Waals surface area contributed by atoms with E-state index in [1.807, 2.05) is 53.4 Å². The molecule has 3 aromatic rings. The van der Waals surface area contributed by atoms with E-state index in [1.165, 1.54) is 0 Å². The maximum atomic E-state index is 12.8. The molecule has 0 spiro atoms. The standard InChI is InChI=1S/C23H23N3O3/c27-16-17-3-1-4-18(13-17)22-7-6-19(14-25-22)23(28)26-11-8-20(9-12-26)29-21-5-2-10-24-15-21/h1-7,10,13-15,20,27H,8-9,11-12,16H2. The van der Waals surface area contributed by atoms with Crippen molar-refractivity contribution in [3.05, 3.63) is 78.2 Å². The minimum Gasteiger partial charge on any atom is -0.489 e. The summed E-state index contributed by atoms with van der Waals surface area (Å²) in [5.74, 6) is 0.760. The zero-order valence-corrected chi connectivity index (χ0v) is 16.1. The largest absolute Gasteiger partial charge is 0.489 e. The first-order chi connectivity index (χ1) is 14.2. The molecule has 1 fully saturated rings. The van der Waals surface area contributed by atoms with Crippen LogP contribution in [-0.4, -0.2) is 45.1 Å². The van der Waals surface area contributed by atoms with Gasteiger partial charge in [0.15, 0.2) is 0 Å². The van der Waals surface area contributed by atoms with Crippen LogP contribution in [0.25, 0.3) is 11.3 Å². The second kappa shape index (κ2) is 8.84. The highest BCUT2D eigenvalue weighted by Crippen LogP contribution is 2.21. The van der Waals surface area contributed by atoms with Gasteiger partial charge in [0.25, 0.3) is 5.91 Å². The maximum absolute atomic E-state index is 12.8. The van der Waals surface area contributed by atoms with E-state index in [0.717, 1.165) is 35.4 Å².